The second-order valence-electron chi connectivity index (χ2n) is 8.34. The molecular weight excluding hydrogens is 354 g/mol. The third-order valence-electron chi connectivity index (χ3n) is 5.79. The van der Waals surface area contributed by atoms with Crippen LogP contribution in [0, 0.1) is 0 Å². The van der Waals surface area contributed by atoms with E-state index >= 15 is 0 Å². The van der Waals surface area contributed by atoms with Crippen molar-refractivity contribution in [1.82, 2.24) is 20.2 Å². The van der Waals surface area contributed by atoms with Crippen molar-refractivity contribution in [2.75, 3.05) is 33.2 Å². The second kappa shape index (κ2) is 8.09. The summed E-state index contributed by atoms with van der Waals surface area (Å²) in [6.45, 7) is 9.17. The maximum absolute atomic E-state index is 12.3. The predicted octanol–water partition coefficient (Wildman–Crippen LogP) is 1.89. The molecule has 7 nitrogen and oxygen atoms in total. The van der Waals surface area contributed by atoms with Gasteiger partial charge in [0.05, 0.1) is 6.10 Å². The standard InChI is InChI=1S/C21H31N5O2/c1-14(2)28-21-16(20(27)23-24-21)12-19-17(13-26-10-8-25(3)9-11-26)15-6-4-5-7-18(15)22-19/h12,14,22H,4-11,13H2,1-3H3,(H,23,27)/b16-12-. The van der Waals surface area contributed by atoms with Gasteiger partial charge < -0.3 is 14.6 Å². The smallest absolute Gasteiger partial charge is 0.277 e. The lowest BCUT2D eigenvalue weighted by molar-refractivity contribution is -0.116. The molecule has 1 fully saturated rings. The highest BCUT2D eigenvalue weighted by Gasteiger charge is 2.28. The Balaban J connectivity index is 1.65. The zero-order chi connectivity index (χ0) is 19.7. The molecule has 0 atom stereocenters. The molecule has 0 unspecified atom stereocenters. The largest absolute Gasteiger partial charge is 0.473 e. The number of aromatic amines is 1. The van der Waals surface area contributed by atoms with Crippen LogP contribution in [0.1, 0.15) is 49.2 Å². The third kappa shape index (κ3) is 4.00. The predicted molar refractivity (Wildman–Crippen MR) is 110 cm³/mol. The number of H-pyrrole nitrogens is 1. The van der Waals surface area contributed by atoms with Gasteiger partial charge in [-0.15, -0.1) is 5.10 Å². The zero-order valence-electron chi connectivity index (χ0n) is 17.2. The number of rotatable bonds is 4. The number of nitrogens with one attached hydrogen (secondary N) is 2. The molecule has 0 spiro atoms. The first kappa shape index (κ1) is 19.2. The fraction of sp³-hybridized carbons (Fsp3) is 0.619. The first-order valence-electron chi connectivity index (χ1n) is 10.4. The fourth-order valence-electron chi connectivity index (χ4n) is 4.21. The van der Waals surface area contributed by atoms with Crippen LogP contribution in [0.2, 0.25) is 0 Å². The summed E-state index contributed by atoms with van der Waals surface area (Å²) in [4.78, 5) is 20.9. The number of ether oxygens (including phenoxy) is 1. The molecule has 4 rings (SSSR count). The summed E-state index contributed by atoms with van der Waals surface area (Å²) >= 11 is 0. The number of hydrogen-bond donors (Lipinski definition) is 2. The van der Waals surface area contributed by atoms with Crippen molar-refractivity contribution < 1.29 is 9.53 Å². The molecule has 1 aromatic rings. The first-order chi connectivity index (χ1) is 13.5. The summed E-state index contributed by atoms with van der Waals surface area (Å²) in [5, 5.41) is 4.07. The molecule has 1 aromatic heterocycles. The van der Waals surface area contributed by atoms with Crippen LogP contribution in [0.3, 0.4) is 0 Å². The number of aryl methyl sites for hydroxylation is 1. The maximum Gasteiger partial charge on any atom is 0.277 e. The van der Waals surface area contributed by atoms with E-state index in [0.29, 0.717) is 11.5 Å². The van der Waals surface area contributed by atoms with Gasteiger partial charge in [0.1, 0.15) is 5.57 Å². The highest BCUT2D eigenvalue weighted by atomic mass is 16.5. The Morgan fingerprint density at radius 2 is 1.93 bits per heavy atom. The van der Waals surface area contributed by atoms with Crippen molar-refractivity contribution in [2.45, 2.75) is 52.2 Å². The van der Waals surface area contributed by atoms with Gasteiger partial charge in [-0.2, -0.15) is 0 Å². The van der Waals surface area contributed by atoms with E-state index in [-0.39, 0.29) is 12.0 Å². The quantitative estimate of drug-likeness (QED) is 0.777. The molecule has 0 saturated carbocycles. The third-order valence-corrected chi connectivity index (χ3v) is 5.79. The molecule has 28 heavy (non-hydrogen) atoms. The Morgan fingerprint density at radius 3 is 2.68 bits per heavy atom. The molecule has 152 valence electrons. The van der Waals surface area contributed by atoms with Crippen molar-refractivity contribution in [3.63, 3.8) is 0 Å². The van der Waals surface area contributed by atoms with Crippen molar-refractivity contribution in [2.24, 2.45) is 5.10 Å². The number of fused-ring (bicyclic) bond motifs is 1. The molecule has 7 heteroatoms. The van der Waals surface area contributed by atoms with Gasteiger partial charge in [-0.3, -0.25) is 9.69 Å². The van der Waals surface area contributed by atoms with Crippen LogP contribution in [-0.2, 0) is 28.9 Å². The van der Waals surface area contributed by atoms with Gasteiger partial charge in [-0.25, -0.2) is 5.43 Å². The van der Waals surface area contributed by atoms with Crippen molar-refractivity contribution in [3.05, 3.63) is 28.1 Å². The van der Waals surface area contributed by atoms with Gasteiger partial charge in [0.2, 0.25) is 5.90 Å². The fourth-order valence-corrected chi connectivity index (χ4v) is 4.21. The summed E-state index contributed by atoms with van der Waals surface area (Å²) in [5.41, 5.74) is 8.22. The van der Waals surface area contributed by atoms with Crippen LogP contribution in [0.25, 0.3) is 6.08 Å². The number of hydrogen-bond acceptors (Lipinski definition) is 5. The summed E-state index contributed by atoms with van der Waals surface area (Å²) in [6.07, 6.45) is 6.57. The number of aromatic nitrogens is 1. The Labute approximate surface area is 166 Å². The number of nitrogens with zero attached hydrogens (tertiary/aromatic N) is 3. The Morgan fingerprint density at radius 1 is 1.18 bits per heavy atom. The first-order valence-corrected chi connectivity index (χ1v) is 10.4. The Bertz CT molecular complexity index is 800. The monoisotopic (exact) mass is 385 g/mol. The van der Waals surface area contributed by atoms with E-state index in [0.717, 1.165) is 51.3 Å². The van der Waals surface area contributed by atoms with Crippen molar-refractivity contribution >= 4 is 17.9 Å². The number of piperazine rings is 1. The maximum atomic E-state index is 12.3. The molecule has 0 bridgehead atoms. The van der Waals surface area contributed by atoms with E-state index in [1.54, 1.807) is 0 Å². The summed E-state index contributed by atoms with van der Waals surface area (Å²) in [6, 6.07) is 0. The Hall–Kier alpha value is -2.12. The molecule has 3 aliphatic rings. The van der Waals surface area contributed by atoms with E-state index in [2.05, 4.69) is 32.4 Å². The molecule has 1 aliphatic carbocycles. The van der Waals surface area contributed by atoms with E-state index in [4.69, 9.17) is 4.74 Å². The summed E-state index contributed by atoms with van der Waals surface area (Å²) < 4.78 is 5.74. The van der Waals surface area contributed by atoms with Crippen LogP contribution in [0.5, 0.6) is 0 Å². The van der Waals surface area contributed by atoms with E-state index in [1.165, 1.54) is 29.7 Å². The number of amides is 1. The van der Waals surface area contributed by atoms with E-state index < -0.39 is 0 Å². The van der Waals surface area contributed by atoms with E-state index in [9.17, 15) is 4.79 Å². The van der Waals surface area contributed by atoms with E-state index in [1.807, 2.05) is 19.9 Å². The van der Waals surface area contributed by atoms with Gasteiger partial charge >= 0.3 is 0 Å². The minimum absolute atomic E-state index is 0.0310. The zero-order valence-corrected chi connectivity index (χ0v) is 17.2. The lowest BCUT2D eigenvalue weighted by Gasteiger charge is -2.32. The average Bonchev–Trinajstić information content (AvgIpc) is 3.18. The van der Waals surface area contributed by atoms with Crippen LogP contribution in [0.4, 0.5) is 0 Å². The summed E-state index contributed by atoms with van der Waals surface area (Å²) in [7, 11) is 2.18. The van der Waals surface area contributed by atoms with Gasteiger partial charge in [0.25, 0.3) is 5.91 Å². The molecule has 1 amide bonds. The van der Waals surface area contributed by atoms with Gasteiger partial charge in [-0.05, 0) is 63.8 Å². The molecule has 3 heterocycles. The lowest BCUT2D eigenvalue weighted by atomic mass is 9.94. The summed E-state index contributed by atoms with van der Waals surface area (Å²) in [5.74, 6) is 0.187. The van der Waals surface area contributed by atoms with Crippen molar-refractivity contribution in [1.29, 1.82) is 0 Å². The minimum atomic E-state index is -0.200. The van der Waals surface area contributed by atoms with Crippen LogP contribution in [-0.4, -0.2) is 65.9 Å². The lowest BCUT2D eigenvalue weighted by Crippen LogP contribution is -2.44. The highest BCUT2D eigenvalue weighted by molar-refractivity contribution is 6.24. The average molecular weight is 386 g/mol. The number of hydrazone groups is 1. The topological polar surface area (TPSA) is 73.0 Å². The number of likely N-dealkylation sites (N-methyl/N-ethyl adjacent to an activating group) is 1. The molecule has 2 N–H and O–H groups in total. The second-order valence-corrected chi connectivity index (χ2v) is 8.34. The number of carbonyl (C=O) groups excluding carboxylic acids is 1. The molecule has 0 aromatic carbocycles. The minimum Gasteiger partial charge on any atom is -0.473 e. The van der Waals surface area contributed by atoms with Crippen molar-refractivity contribution in [3.8, 4) is 0 Å². The van der Waals surface area contributed by atoms with Crippen LogP contribution >= 0.6 is 0 Å². The Kier molecular flexibility index (Phi) is 5.55. The normalized spacial score (nSPS) is 22.5. The van der Waals surface area contributed by atoms with Gasteiger partial charge in [-0.1, -0.05) is 0 Å². The van der Waals surface area contributed by atoms with Gasteiger partial charge in [0.15, 0.2) is 0 Å². The van der Waals surface area contributed by atoms with Gasteiger partial charge in [0, 0.05) is 44.1 Å². The molecule has 0 radical (unpaired) electrons. The number of carbonyl (C=O) groups is 1. The molecular formula is C21H31N5O2. The molecule has 1 saturated heterocycles. The van der Waals surface area contributed by atoms with Crippen LogP contribution < -0.4 is 5.43 Å². The molecule has 2 aliphatic heterocycles. The SMILES string of the molecule is CC(C)OC1=NNC(=O)/C1=C/c1[nH]c2c(c1CN1CCN(C)CC1)CCCC2. The van der Waals surface area contributed by atoms with Crippen LogP contribution in [0.15, 0.2) is 10.7 Å². The highest BCUT2D eigenvalue weighted by Crippen LogP contribution is 2.30.